The first-order valence-electron chi connectivity index (χ1n) is 21.3. The summed E-state index contributed by atoms with van der Waals surface area (Å²) < 4.78 is 49.2. The van der Waals surface area contributed by atoms with E-state index in [4.69, 9.17) is 47.7 Å². The lowest BCUT2D eigenvalue weighted by molar-refractivity contribution is -0.123. The van der Waals surface area contributed by atoms with Crippen LogP contribution in [-0.2, 0) is 47.4 Å². The molecule has 0 aromatic heterocycles. The molecule has 3 amide bonds. The van der Waals surface area contributed by atoms with Gasteiger partial charge in [-0.15, -0.1) is 0 Å². The van der Waals surface area contributed by atoms with E-state index in [1.54, 1.807) is 0 Å². The third-order valence-corrected chi connectivity index (χ3v) is 9.38. The molecule has 0 spiro atoms. The predicted octanol–water partition coefficient (Wildman–Crippen LogP) is 4.59. The summed E-state index contributed by atoms with van der Waals surface area (Å²) in [5, 5.41) is 17.0. The van der Waals surface area contributed by atoms with Crippen LogP contribution in [0.5, 0.6) is 0 Å². The third-order valence-electron chi connectivity index (χ3n) is 9.38. The molecule has 0 saturated carbocycles. The normalized spacial score (nSPS) is 12.7. The molecule has 1 aliphatic rings. The van der Waals surface area contributed by atoms with Crippen LogP contribution in [0.1, 0.15) is 69.9 Å². The van der Waals surface area contributed by atoms with Gasteiger partial charge in [-0.05, 0) is 61.8 Å². The molecule has 0 bridgehead atoms. The van der Waals surface area contributed by atoms with Gasteiger partial charge in [-0.1, -0.05) is 61.9 Å². The Hall–Kier alpha value is -3.87. The summed E-state index contributed by atoms with van der Waals surface area (Å²) in [7, 11) is 0. The second-order valence-corrected chi connectivity index (χ2v) is 14.6. The van der Waals surface area contributed by atoms with Crippen LogP contribution in [0.25, 0.3) is 11.1 Å². The molecule has 1 atom stereocenters. The molecule has 3 rings (SSSR count). The maximum absolute atomic E-state index is 13.2. The molecule has 0 radical (unpaired) electrons. The van der Waals surface area contributed by atoms with E-state index in [0.29, 0.717) is 118 Å². The summed E-state index contributed by atoms with van der Waals surface area (Å²) in [6, 6.07) is 15.5. The summed E-state index contributed by atoms with van der Waals surface area (Å²) in [5.74, 6) is -0.371. The summed E-state index contributed by atoms with van der Waals surface area (Å²) in [4.78, 5) is 38.6. The van der Waals surface area contributed by atoms with Crippen molar-refractivity contribution in [2.24, 2.45) is 0 Å². The average molecular weight is 848 g/mol. The van der Waals surface area contributed by atoms with Gasteiger partial charge in [0.25, 0.3) is 0 Å². The number of aliphatic hydroxyl groups excluding tert-OH is 1. The molecule has 4 N–H and O–H groups in total. The molecule has 1 aliphatic carbocycles. The molecule has 16 nitrogen and oxygen atoms in total. The standard InChI is InChI=1S/C44H69N3O13/c1-4-16-44(2,3)60-43(51)47-40(15-9-10-17-46-42(50)59-34-39-37-13-7-5-11-35(37)36-12-6-8-14-38(36)39)41(49)45-18-20-52-22-24-54-26-28-56-30-32-58-33-31-57-29-27-55-25-23-53-21-19-48/h5-8,11-14,39-40,48H,4,9-10,15-34H2,1-3H3,(H,45,49)(H,46,50)(H,47,51)/t40-/m0/s1. The Balaban J connectivity index is 1.22. The monoisotopic (exact) mass is 847 g/mol. The lowest BCUT2D eigenvalue weighted by Gasteiger charge is -2.26. The van der Waals surface area contributed by atoms with Gasteiger partial charge in [-0.2, -0.15) is 0 Å². The molecule has 2 aromatic rings. The van der Waals surface area contributed by atoms with E-state index in [-0.39, 0.29) is 38.2 Å². The minimum absolute atomic E-state index is 0.00620. The van der Waals surface area contributed by atoms with Crippen LogP contribution in [0, 0.1) is 0 Å². The number of hydrogen-bond acceptors (Lipinski definition) is 13. The number of fused-ring (bicyclic) bond motifs is 3. The molecule has 16 heteroatoms. The summed E-state index contributed by atoms with van der Waals surface area (Å²) >= 11 is 0. The van der Waals surface area contributed by atoms with Crippen LogP contribution in [-0.4, -0.2) is 154 Å². The number of amides is 3. The number of hydrogen-bond donors (Lipinski definition) is 4. The van der Waals surface area contributed by atoms with Crippen molar-refractivity contribution in [1.82, 2.24) is 16.0 Å². The van der Waals surface area contributed by atoms with Gasteiger partial charge in [0.15, 0.2) is 0 Å². The molecular weight excluding hydrogens is 778 g/mol. The van der Waals surface area contributed by atoms with Gasteiger partial charge in [-0.3, -0.25) is 4.79 Å². The summed E-state index contributed by atoms with van der Waals surface area (Å²) in [5.41, 5.74) is 3.95. The highest BCUT2D eigenvalue weighted by Gasteiger charge is 2.29. The molecule has 60 heavy (non-hydrogen) atoms. The number of rotatable bonds is 35. The predicted molar refractivity (Wildman–Crippen MR) is 225 cm³/mol. The maximum atomic E-state index is 13.2. The van der Waals surface area contributed by atoms with Crippen molar-refractivity contribution < 1.29 is 62.1 Å². The van der Waals surface area contributed by atoms with E-state index < -0.39 is 23.8 Å². The van der Waals surface area contributed by atoms with Crippen LogP contribution in [0.2, 0.25) is 0 Å². The summed E-state index contributed by atoms with van der Waals surface area (Å²) in [6.45, 7) is 12.3. The van der Waals surface area contributed by atoms with Crippen molar-refractivity contribution in [3.05, 3.63) is 59.7 Å². The molecule has 0 heterocycles. The van der Waals surface area contributed by atoms with E-state index in [2.05, 4.69) is 40.2 Å². The quantitative estimate of drug-likeness (QED) is 0.0706. The Morgan fingerprint density at radius 2 is 1.12 bits per heavy atom. The highest BCUT2D eigenvalue weighted by Crippen LogP contribution is 2.44. The number of aliphatic hydroxyl groups is 1. The average Bonchev–Trinajstić information content (AvgIpc) is 3.55. The molecule has 0 aliphatic heterocycles. The SMILES string of the molecule is CCCC(C)(C)OC(=O)N[C@@H](CCCCNC(=O)OCC1c2ccccc2-c2ccccc21)C(=O)NCCOCCOCCOCCOCCOCCOCCOCCO. The van der Waals surface area contributed by atoms with Crippen molar-refractivity contribution in [3.8, 4) is 11.1 Å². The second kappa shape index (κ2) is 31.0. The number of nitrogens with one attached hydrogen (secondary N) is 3. The van der Waals surface area contributed by atoms with Crippen LogP contribution >= 0.6 is 0 Å². The fourth-order valence-corrected chi connectivity index (χ4v) is 6.51. The van der Waals surface area contributed by atoms with E-state index in [1.165, 1.54) is 11.1 Å². The highest BCUT2D eigenvalue weighted by molar-refractivity contribution is 5.85. The first-order chi connectivity index (χ1) is 29.3. The van der Waals surface area contributed by atoms with Crippen molar-refractivity contribution >= 4 is 18.1 Å². The van der Waals surface area contributed by atoms with Gasteiger partial charge in [0.05, 0.1) is 99.1 Å². The van der Waals surface area contributed by atoms with Crippen molar-refractivity contribution in [3.63, 3.8) is 0 Å². The first-order valence-corrected chi connectivity index (χ1v) is 21.3. The topological polar surface area (TPSA) is 191 Å². The lowest BCUT2D eigenvalue weighted by atomic mass is 9.98. The first kappa shape index (κ1) is 50.5. The van der Waals surface area contributed by atoms with Crippen molar-refractivity contribution in [2.45, 2.75) is 70.4 Å². The van der Waals surface area contributed by atoms with Gasteiger partial charge < -0.3 is 63.7 Å². The van der Waals surface area contributed by atoms with Gasteiger partial charge in [-0.25, -0.2) is 9.59 Å². The number of carbonyl (C=O) groups is 3. The maximum Gasteiger partial charge on any atom is 0.408 e. The van der Waals surface area contributed by atoms with Gasteiger partial charge in [0.1, 0.15) is 18.2 Å². The Labute approximate surface area is 355 Å². The van der Waals surface area contributed by atoms with Gasteiger partial charge in [0.2, 0.25) is 5.91 Å². The summed E-state index contributed by atoms with van der Waals surface area (Å²) in [6.07, 6.45) is 1.85. The molecule has 0 unspecified atom stereocenters. The van der Waals surface area contributed by atoms with E-state index in [1.807, 2.05) is 45.0 Å². The second-order valence-electron chi connectivity index (χ2n) is 14.6. The number of ether oxygens (including phenoxy) is 9. The minimum atomic E-state index is -0.827. The molecular formula is C44H69N3O13. The Kier molecular flexibility index (Phi) is 26.1. The van der Waals surface area contributed by atoms with Gasteiger partial charge >= 0.3 is 12.2 Å². The number of carbonyl (C=O) groups excluding carboxylic acids is 3. The molecule has 0 saturated heterocycles. The number of alkyl carbamates (subject to hydrolysis) is 2. The largest absolute Gasteiger partial charge is 0.449 e. The van der Waals surface area contributed by atoms with E-state index >= 15 is 0 Å². The zero-order valence-electron chi connectivity index (χ0n) is 35.9. The van der Waals surface area contributed by atoms with Crippen LogP contribution in [0.3, 0.4) is 0 Å². The Morgan fingerprint density at radius 1 is 0.633 bits per heavy atom. The zero-order chi connectivity index (χ0) is 43.1. The molecule has 0 fully saturated rings. The Morgan fingerprint density at radius 3 is 1.62 bits per heavy atom. The number of benzene rings is 2. The smallest absolute Gasteiger partial charge is 0.408 e. The van der Waals surface area contributed by atoms with E-state index in [9.17, 15) is 14.4 Å². The number of unbranched alkanes of at least 4 members (excludes halogenated alkanes) is 1. The van der Waals surface area contributed by atoms with E-state index in [0.717, 1.165) is 17.5 Å². The lowest BCUT2D eigenvalue weighted by Crippen LogP contribution is -2.49. The minimum Gasteiger partial charge on any atom is -0.449 e. The fourth-order valence-electron chi connectivity index (χ4n) is 6.51. The third kappa shape index (κ3) is 21.1. The van der Waals surface area contributed by atoms with Crippen LogP contribution < -0.4 is 16.0 Å². The van der Waals surface area contributed by atoms with Crippen molar-refractivity contribution in [1.29, 1.82) is 0 Å². The highest BCUT2D eigenvalue weighted by atomic mass is 16.6. The van der Waals surface area contributed by atoms with Crippen LogP contribution in [0.15, 0.2) is 48.5 Å². The van der Waals surface area contributed by atoms with Crippen LogP contribution in [0.4, 0.5) is 9.59 Å². The van der Waals surface area contributed by atoms with Gasteiger partial charge in [0, 0.05) is 19.0 Å². The van der Waals surface area contributed by atoms with Crippen molar-refractivity contribution in [2.75, 3.05) is 119 Å². The molecule has 338 valence electrons. The Bertz CT molecular complexity index is 1430. The zero-order valence-corrected chi connectivity index (χ0v) is 35.9. The fraction of sp³-hybridized carbons (Fsp3) is 0.659. The molecule has 2 aromatic carbocycles.